The number of thioether (sulfide) groups is 1. The zero-order chi connectivity index (χ0) is 17.4. The third-order valence-corrected chi connectivity index (χ3v) is 5.79. The molecule has 0 bridgehead atoms. The number of primary amides is 1. The van der Waals surface area contributed by atoms with Crippen molar-refractivity contribution in [1.82, 2.24) is 10.2 Å². The van der Waals surface area contributed by atoms with E-state index in [1.54, 1.807) is 23.6 Å². The van der Waals surface area contributed by atoms with Gasteiger partial charge in [0.25, 0.3) is 5.91 Å². The lowest BCUT2D eigenvalue weighted by atomic mass is 9.84. The summed E-state index contributed by atoms with van der Waals surface area (Å²) in [5.74, 6) is -0.346. The maximum absolute atomic E-state index is 12.9. The standard InChI is InChI=1S/C15H24N4O3S/c1-8(17-4)13(21)18-9-5-6-23-10-7-15(2,3)11(12(16)20)19(10)14(9)22/h9-11H,5-7H2,1-4H3,(H2,16,20)(H,18,21)/b17-8+/t9?,10-,11+/m0/s1. The van der Waals surface area contributed by atoms with E-state index < -0.39 is 18.0 Å². The van der Waals surface area contributed by atoms with E-state index in [2.05, 4.69) is 10.3 Å². The molecule has 2 aliphatic heterocycles. The van der Waals surface area contributed by atoms with Crippen LogP contribution in [0.2, 0.25) is 0 Å². The Kier molecular flexibility index (Phi) is 5.03. The molecule has 2 heterocycles. The lowest BCUT2D eigenvalue weighted by Crippen LogP contribution is -2.56. The molecule has 3 amide bonds. The second kappa shape index (κ2) is 6.51. The van der Waals surface area contributed by atoms with Crippen LogP contribution < -0.4 is 11.1 Å². The van der Waals surface area contributed by atoms with Crippen LogP contribution in [0.3, 0.4) is 0 Å². The molecule has 0 radical (unpaired) electrons. The van der Waals surface area contributed by atoms with E-state index in [0.717, 1.165) is 5.75 Å². The quantitative estimate of drug-likeness (QED) is 0.713. The molecule has 0 aromatic rings. The van der Waals surface area contributed by atoms with Crippen molar-refractivity contribution in [2.45, 2.75) is 51.1 Å². The van der Waals surface area contributed by atoms with Crippen molar-refractivity contribution in [3.05, 3.63) is 0 Å². The van der Waals surface area contributed by atoms with Gasteiger partial charge in [0.1, 0.15) is 12.1 Å². The van der Waals surface area contributed by atoms with Crippen LogP contribution >= 0.6 is 11.8 Å². The third kappa shape index (κ3) is 3.36. The molecule has 23 heavy (non-hydrogen) atoms. The summed E-state index contributed by atoms with van der Waals surface area (Å²) in [6, 6.07) is -1.29. The molecule has 3 atom stereocenters. The fraction of sp³-hybridized carbons (Fsp3) is 0.733. The number of fused-ring (bicyclic) bond motifs is 1. The van der Waals surface area contributed by atoms with Crippen LogP contribution in [0, 0.1) is 5.41 Å². The Morgan fingerprint density at radius 1 is 1.43 bits per heavy atom. The smallest absolute Gasteiger partial charge is 0.265 e. The van der Waals surface area contributed by atoms with E-state index in [0.29, 0.717) is 18.6 Å². The van der Waals surface area contributed by atoms with Gasteiger partial charge in [0, 0.05) is 7.05 Å². The number of carbonyl (C=O) groups excluding carboxylic acids is 3. The molecule has 2 aliphatic rings. The normalized spacial score (nSPS) is 30.6. The van der Waals surface area contributed by atoms with E-state index in [-0.39, 0.29) is 22.6 Å². The molecule has 128 valence electrons. The highest BCUT2D eigenvalue weighted by Crippen LogP contribution is 2.45. The van der Waals surface area contributed by atoms with Gasteiger partial charge in [0.2, 0.25) is 11.8 Å². The number of carbonyl (C=O) groups is 3. The summed E-state index contributed by atoms with van der Waals surface area (Å²) < 4.78 is 0. The highest BCUT2D eigenvalue weighted by Gasteiger charge is 2.53. The Bertz CT molecular complexity index is 561. The fourth-order valence-corrected chi connectivity index (χ4v) is 4.83. The van der Waals surface area contributed by atoms with E-state index in [9.17, 15) is 14.4 Å². The predicted octanol–water partition coefficient (Wildman–Crippen LogP) is 0.137. The van der Waals surface area contributed by atoms with Gasteiger partial charge in [-0.1, -0.05) is 13.8 Å². The average Bonchev–Trinajstić information content (AvgIpc) is 2.66. The number of amides is 3. The highest BCUT2D eigenvalue weighted by atomic mass is 32.2. The lowest BCUT2D eigenvalue weighted by molar-refractivity contribution is -0.142. The molecule has 2 fully saturated rings. The zero-order valence-electron chi connectivity index (χ0n) is 14.0. The van der Waals surface area contributed by atoms with Gasteiger partial charge < -0.3 is 16.0 Å². The number of nitrogens with zero attached hydrogens (tertiary/aromatic N) is 2. The van der Waals surface area contributed by atoms with E-state index >= 15 is 0 Å². The van der Waals surface area contributed by atoms with Gasteiger partial charge in [-0.15, -0.1) is 11.8 Å². The number of nitrogens with one attached hydrogen (secondary N) is 1. The molecule has 0 spiro atoms. The largest absolute Gasteiger partial charge is 0.368 e. The Labute approximate surface area is 140 Å². The zero-order valence-corrected chi connectivity index (χ0v) is 14.8. The minimum atomic E-state index is -0.647. The number of aliphatic imine (C=N–C) groups is 1. The first-order chi connectivity index (χ1) is 10.7. The number of hydrogen-bond donors (Lipinski definition) is 2. The molecule has 0 aliphatic carbocycles. The minimum Gasteiger partial charge on any atom is -0.368 e. The highest BCUT2D eigenvalue weighted by molar-refractivity contribution is 7.99. The minimum absolute atomic E-state index is 0.0714. The summed E-state index contributed by atoms with van der Waals surface area (Å²) in [5.41, 5.74) is 5.51. The van der Waals surface area contributed by atoms with Crippen molar-refractivity contribution in [3.63, 3.8) is 0 Å². The van der Waals surface area contributed by atoms with Gasteiger partial charge in [-0.05, 0) is 30.9 Å². The SMILES string of the molecule is C/N=C(\C)C(=O)NC1CCS[C@H]2CC(C)(C)[C@@H](C(N)=O)N2C1=O. The molecule has 1 unspecified atom stereocenters. The van der Waals surface area contributed by atoms with Crippen molar-refractivity contribution in [1.29, 1.82) is 0 Å². The third-order valence-electron chi connectivity index (χ3n) is 4.54. The molecule has 0 aromatic heterocycles. The van der Waals surface area contributed by atoms with Crippen molar-refractivity contribution in [2.75, 3.05) is 12.8 Å². The van der Waals surface area contributed by atoms with Gasteiger partial charge in [0.05, 0.1) is 11.1 Å². The van der Waals surface area contributed by atoms with Crippen LogP contribution in [0.4, 0.5) is 0 Å². The van der Waals surface area contributed by atoms with Crippen LogP contribution in [-0.4, -0.2) is 58.6 Å². The van der Waals surface area contributed by atoms with E-state index in [4.69, 9.17) is 5.73 Å². The van der Waals surface area contributed by atoms with Crippen molar-refractivity contribution < 1.29 is 14.4 Å². The number of hydrogen-bond acceptors (Lipinski definition) is 5. The molecular formula is C15H24N4O3S. The van der Waals surface area contributed by atoms with Gasteiger partial charge in [-0.25, -0.2) is 0 Å². The lowest BCUT2D eigenvalue weighted by Gasteiger charge is -2.32. The summed E-state index contributed by atoms with van der Waals surface area (Å²) in [7, 11) is 1.53. The topological polar surface area (TPSA) is 105 Å². The van der Waals surface area contributed by atoms with E-state index in [1.165, 1.54) is 7.05 Å². The molecule has 0 saturated carbocycles. The molecule has 8 heteroatoms. The second-order valence-electron chi connectivity index (χ2n) is 6.69. The van der Waals surface area contributed by atoms with Gasteiger partial charge in [-0.2, -0.15) is 0 Å². The molecular weight excluding hydrogens is 316 g/mol. The molecule has 2 rings (SSSR count). The van der Waals surface area contributed by atoms with Crippen molar-refractivity contribution >= 4 is 35.2 Å². The van der Waals surface area contributed by atoms with E-state index in [1.807, 2.05) is 13.8 Å². The summed E-state index contributed by atoms with van der Waals surface area (Å²) in [6.45, 7) is 5.50. The summed E-state index contributed by atoms with van der Waals surface area (Å²) in [4.78, 5) is 42.3. The Morgan fingerprint density at radius 2 is 2.09 bits per heavy atom. The van der Waals surface area contributed by atoms with Crippen LogP contribution in [0.1, 0.15) is 33.6 Å². The summed E-state index contributed by atoms with van der Waals surface area (Å²) >= 11 is 1.64. The molecule has 3 N–H and O–H groups in total. The van der Waals surface area contributed by atoms with Crippen molar-refractivity contribution in [2.24, 2.45) is 16.1 Å². The van der Waals surface area contributed by atoms with Crippen LogP contribution in [0.5, 0.6) is 0 Å². The predicted molar refractivity (Wildman–Crippen MR) is 90.1 cm³/mol. The number of rotatable bonds is 3. The Balaban J connectivity index is 2.26. The maximum Gasteiger partial charge on any atom is 0.265 e. The van der Waals surface area contributed by atoms with Gasteiger partial charge in [-0.3, -0.25) is 19.4 Å². The van der Waals surface area contributed by atoms with Crippen molar-refractivity contribution in [3.8, 4) is 0 Å². The van der Waals surface area contributed by atoms with Crippen LogP contribution in [-0.2, 0) is 14.4 Å². The Hall–Kier alpha value is -1.57. The monoisotopic (exact) mass is 340 g/mol. The summed E-state index contributed by atoms with van der Waals surface area (Å²) in [6.07, 6.45) is 1.25. The van der Waals surface area contributed by atoms with Gasteiger partial charge >= 0.3 is 0 Å². The average molecular weight is 340 g/mol. The first-order valence-corrected chi connectivity index (χ1v) is 8.71. The van der Waals surface area contributed by atoms with Crippen LogP contribution in [0.15, 0.2) is 4.99 Å². The fourth-order valence-electron chi connectivity index (χ4n) is 3.26. The Morgan fingerprint density at radius 3 is 2.65 bits per heavy atom. The van der Waals surface area contributed by atoms with Gasteiger partial charge in [0.15, 0.2) is 0 Å². The van der Waals surface area contributed by atoms with Crippen LogP contribution in [0.25, 0.3) is 0 Å². The first-order valence-electron chi connectivity index (χ1n) is 7.66. The first kappa shape index (κ1) is 17.8. The molecule has 2 saturated heterocycles. The maximum atomic E-state index is 12.9. The summed E-state index contributed by atoms with van der Waals surface area (Å²) in [5, 5.41) is 2.66. The molecule has 7 nitrogen and oxygen atoms in total. The molecule has 0 aromatic carbocycles. The number of nitrogens with two attached hydrogens (primary N) is 1. The second-order valence-corrected chi connectivity index (χ2v) is 7.98.